The Hall–Kier alpha value is 0.470. The Balaban J connectivity index is 1.75. The van der Waals surface area contributed by atoms with Crippen LogP contribution in [0.1, 0.15) is 24.8 Å². The van der Waals surface area contributed by atoms with Crippen molar-refractivity contribution in [1.29, 1.82) is 0 Å². The van der Waals surface area contributed by atoms with Gasteiger partial charge in [-0.1, -0.05) is 27.5 Å². The lowest BCUT2D eigenvalue weighted by atomic mass is 9.80. The molecule has 3 rings (SSSR count). The van der Waals surface area contributed by atoms with Crippen LogP contribution in [0.3, 0.4) is 0 Å². The molecule has 2 unspecified atom stereocenters. The van der Waals surface area contributed by atoms with Gasteiger partial charge >= 0.3 is 0 Å². The zero-order valence-corrected chi connectivity index (χ0v) is 11.7. The molecule has 2 aliphatic rings. The molecule has 0 nitrogen and oxygen atoms in total. The van der Waals surface area contributed by atoms with E-state index in [2.05, 4.69) is 27.4 Å². The molecule has 15 heavy (non-hydrogen) atoms. The molecule has 0 aliphatic heterocycles. The Bertz CT molecular complexity index is 363. The Labute approximate surface area is 108 Å². The molecule has 2 atom stereocenters. The van der Waals surface area contributed by atoms with Crippen molar-refractivity contribution in [2.24, 2.45) is 17.3 Å². The van der Waals surface area contributed by atoms with Crippen LogP contribution >= 0.6 is 38.9 Å². The first-order valence-electron chi connectivity index (χ1n) is 5.50. The van der Waals surface area contributed by atoms with Gasteiger partial charge in [-0.15, -0.1) is 11.3 Å². The number of rotatable bonds is 3. The molecule has 82 valence electrons. The monoisotopic (exact) mass is 304 g/mol. The molecular weight excluding hydrogens is 292 g/mol. The lowest BCUT2D eigenvalue weighted by Crippen LogP contribution is -2.23. The minimum absolute atomic E-state index is 0.540. The molecule has 0 radical (unpaired) electrons. The van der Waals surface area contributed by atoms with Gasteiger partial charge in [0.2, 0.25) is 0 Å². The second kappa shape index (κ2) is 3.75. The summed E-state index contributed by atoms with van der Waals surface area (Å²) in [5.41, 5.74) is 1.98. The van der Waals surface area contributed by atoms with Crippen LogP contribution in [0, 0.1) is 17.3 Å². The first-order valence-corrected chi connectivity index (χ1v) is 7.88. The van der Waals surface area contributed by atoms with E-state index in [0.29, 0.717) is 5.41 Å². The van der Waals surface area contributed by atoms with Crippen LogP contribution in [0.15, 0.2) is 11.4 Å². The van der Waals surface area contributed by atoms with Crippen LogP contribution in [0.25, 0.3) is 0 Å². The highest BCUT2D eigenvalue weighted by atomic mass is 79.9. The maximum atomic E-state index is 5.98. The van der Waals surface area contributed by atoms with Crippen molar-refractivity contribution in [1.82, 2.24) is 0 Å². The Morgan fingerprint density at radius 3 is 2.73 bits per heavy atom. The van der Waals surface area contributed by atoms with Gasteiger partial charge in [0.1, 0.15) is 0 Å². The number of thiophene rings is 1. The Kier molecular flexibility index (Phi) is 2.65. The van der Waals surface area contributed by atoms with E-state index in [1.165, 1.54) is 31.2 Å². The minimum Gasteiger partial charge on any atom is -0.132 e. The SMILES string of the molecule is Clc1cc(CC2(CBr)CC3CC3C2)cs1. The molecule has 0 aromatic carbocycles. The van der Waals surface area contributed by atoms with E-state index in [1.807, 2.05) is 0 Å². The zero-order valence-electron chi connectivity index (χ0n) is 8.51. The van der Waals surface area contributed by atoms with Crippen molar-refractivity contribution in [3.05, 3.63) is 21.3 Å². The van der Waals surface area contributed by atoms with Gasteiger partial charge in [0.25, 0.3) is 0 Å². The number of alkyl halides is 1. The fourth-order valence-electron chi connectivity index (χ4n) is 3.18. The van der Waals surface area contributed by atoms with E-state index >= 15 is 0 Å². The molecule has 0 saturated heterocycles. The molecule has 1 heterocycles. The molecule has 1 aromatic rings. The summed E-state index contributed by atoms with van der Waals surface area (Å²) in [6.45, 7) is 0. The quantitative estimate of drug-likeness (QED) is 0.707. The van der Waals surface area contributed by atoms with Crippen molar-refractivity contribution in [2.75, 3.05) is 5.33 Å². The molecule has 2 saturated carbocycles. The topological polar surface area (TPSA) is 0 Å². The zero-order chi connectivity index (χ0) is 10.5. The lowest BCUT2D eigenvalue weighted by Gasteiger charge is -2.28. The van der Waals surface area contributed by atoms with E-state index in [-0.39, 0.29) is 0 Å². The molecule has 0 N–H and O–H groups in total. The van der Waals surface area contributed by atoms with E-state index in [1.54, 1.807) is 11.3 Å². The Morgan fingerprint density at radius 1 is 1.47 bits per heavy atom. The lowest BCUT2D eigenvalue weighted by molar-refractivity contribution is 0.308. The summed E-state index contributed by atoms with van der Waals surface area (Å²) in [4.78, 5) is 0. The van der Waals surface area contributed by atoms with Crippen molar-refractivity contribution >= 4 is 38.9 Å². The average molecular weight is 306 g/mol. The number of hydrogen-bond acceptors (Lipinski definition) is 1. The van der Waals surface area contributed by atoms with Crippen LogP contribution in [-0.4, -0.2) is 5.33 Å². The van der Waals surface area contributed by atoms with Gasteiger partial charge in [-0.25, -0.2) is 0 Å². The van der Waals surface area contributed by atoms with Gasteiger partial charge in [0.15, 0.2) is 0 Å². The normalized spacial score (nSPS) is 38.0. The van der Waals surface area contributed by atoms with Crippen molar-refractivity contribution in [3.63, 3.8) is 0 Å². The molecule has 1 aromatic heterocycles. The molecule has 0 amide bonds. The van der Waals surface area contributed by atoms with Crippen LogP contribution in [0.4, 0.5) is 0 Å². The summed E-state index contributed by atoms with van der Waals surface area (Å²) in [5.74, 6) is 2.10. The minimum atomic E-state index is 0.540. The summed E-state index contributed by atoms with van der Waals surface area (Å²) >= 11 is 11.4. The third-order valence-corrected chi connectivity index (χ3v) is 6.27. The van der Waals surface area contributed by atoms with Gasteiger partial charge < -0.3 is 0 Å². The summed E-state index contributed by atoms with van der Waals surface area (Å²) in [5, 5.41) is 3.37. The predicted molar refractivity (Wildman–Crippen MR) is 70.1 cm³/mol. The molecule has 2 fully saturated rings. The summed E-state index contributed by atoms with van der Waals surface area (Å²) in [6.07, 6.45) is 5.57. The maximum Gasteiger partial charge on any atom is 0.0931 e. The van der Waals surface area contributed by atoms with Crippen LogP contribution in [0.2, 0.25) is 4.34 Å². The van der Waals surface area contributed by atoms with Crippen LogP contribution in [0.5, 0.6) is 0 Å². The highest BCUT2D eigenvalue weighted by molar-refractivity contribution is 9.09. The number of halogens is 2. The molecule has 0 spiro atoms. The first-order chi connectivity index (χ1) is 7.21. The van der Waals surface area contributed by atoms with Crippen molar-refractivity contribution in [2.45, 2.75) is 25.7 Å². The second-order valence-corrected chi connectivity index (χ2v) is 7.34. The smallest absolute Gasteiger partial charge is 0.0931 e. The highest BCUT2D eigenvalue weighted by Gasteiger charge is 2.52. The summed E-state index contributed by atoms with van der Waals surface area (Å²) < 4.78 is 0.929. The van der Waals surface area contributed by atoms with Crippen molar-refractivity contribution < 1.29 is 0 Å². The molecule has 0 bridgehead atoms. The van der Waals surface area contributed by atoms with Gasteiger partial charge in [0, 0.05) is 5.33 Å². The third-order valence-electron chi connectivity index (χ3n) is 3.94. The second-order valence-electron chi connectivity index (χ2n) is 5.23. The van der Waals surface area contributed by atoms with Gasteiger partial charge in [-0.05, 0) is 59.9 Å². The summed E-state index contributed by atoms with van der Waals surface area (Å²) in [7, 11) is 0. The Morgan fingerprint density at radius 2 is 2.20 bits per heavy atom. The largest absolute Gasteiger partial charge is 0.132 e. The van der Waals surface area contributed by atoms with Crippen LogP contribution < -0.4 is 0 Å². The summed E-state index contributed by atoms with van der Waals surface area (Å²) in [6, 6.07) is 2.14. The van der Waals surface area contributed by atoms with E-state index in [9.17, 15) is 0 Å². The number of hydrogen-bond donors (Lipinski definition) is 0. The van der Waals surface area contributed by atoms with Gasteiger partial charge in [0.05, 0.1) is 4.34 Å². The maximum absolute atomic E-state index is 5.98. The fraction of sp³-hybridized carbons (Fsp3) is 0.667. The van der Waals surface area contributed by atoms with Crippen LogP contribution in [-0.2, 0) is 6.42 Å². The predicted octanol–water partition coefficient (Wildman–Crippen LogP) is 4.76. The standard InChI is InChI=1S/C12H14BrClS/c13-7-12(4-9-2-10(9)5-12)3-8-1-11(14)15-6-8/h1,6,9-10H,2-5,7H2. The van der Waals surface area contributed by atoms with Gasteiger partial charge in [-0.3, -0.25) is 0 Å². The van der Waals surface area contributed by atoms with E-state index in [4.69, 9.17) is 11.6 Å². The molecule has 2 aliphatic carbocycles. The fourth-order valence-corrected chi connectivity index (χ4v) is 4.74. The van der Waals surface area contributed by atoms with E-state index < -0.39 is 0 Å². The first kappa shape index (κ1) is 10.6. The molecular formula is C12H14BrClS. The number of fused-ring (bicyclic) bond motifs is 1. The highest BCUT2D eigenvalue weighted by Crippen LogP contribution is 2.61. The molecule has 3 heteroatoms. The third kappa shape index (κ3) is 2.01. The van der Waals surface area contributed by atoms with Crippen molar-refractivity contribution in [3.8, 4) is 0 Å². The average Bonchev–Trinajstić information content (AvgIpc) is 2.65. The van der Waals surface area contributed by atoms with E-state index in [0.717, 1.165) is 21.5 Å². The van der Waals surface area contributed by atoms with Gasteiger partial charge in [-0.2, -0.15) is 0 Å².